The van der Waals surface area contributed by atoms with Crippen molar-refractivity contribution in [1.82, 2.24) is 4.98 Å². The lowest BCUT2D eigenvalue weighted by Crippen LogP contribution is -2.32. The van der Waals surface area contributed by atoms with Crippen LogP contribution in [-0.2, 0) is 4.79 Å². The first kappa shape index (κ1) is 11.1. The lowest BCUT2D eigenvalue weighted by atomic mass is 10.3. The molecule has 0 unspecified atom stereocenters. The van der Waals surface area contributed by atoms with Gasteiger partial charge < -0.3 is 11.1 Å². The van der Waals surface area contributed by atoms with Crippen LogP contribution < -0.4 is 11.1 Å². The van der Waals surface area contributed by atoms with E-state index in [4.69, 9.17) is 5.73 Å². The summed E-state index contributed by atoms with van der Waals surface area (Å²) in [4.78, 5) is 15.3. The molecule has 1 aromatic heterocycles. The Kier molecular flexibility index (Phi) is 3.60. The summed E-state index contributed by atoms with van der Waals surface area (Å²) in [5.41, 5.74) is 7.04. The molecule has 0 radical (unpaired) electrons. The van der Waals surface area contributed by atoms with Gasteiger partial charge in [-0.3, -0.25) is 4.79 Å². The van der Waals surface area contributed by atoms with Crippen LogP contribution in [0.2, 0.25) is 0 Å². The summed E-state index contributed by atoms with van der Waals surface area (Å²) in [5.74, 6) is -0.214. The van der Waals surface area contributed by atoms with Crippen molar-refractivity contribution in [2.24, 2.45) is 5.73 Å². The number of nitrogens with two attached hydrogens (primary N) is 1. The van der Waals surface area contributed by atoms with Crippen molar-refractivity contribution in [3.63, 3.8) is 0 Å². The second kappa shape index (κ2) is 4.52. The molecule has 1 aromatic rings. The van der Waals surface area contributed by atoms with E-state index in [1.165, 1.54) is 0 Å². The Morgan fingerprint density at radius 2 is 2.36 bits per heavy atom. The zero-order valence-corrected chi connectivity index (χ0v) is 9.63. The molecule has 76 valence electrons. The fourth-order valence-corrected chi connectivity index (χ4v) is 1.10. The first-order valence-corrected chi connectivity index (χ1v) is 4.98. The largest absolute Gasteiger partial charge is 0.323 e. The first-order chi connectivity index (χ1) is 6.50. The van der Waals surface area contributed by atoms with Crippen molar-refractivity contribution in [3.05, 3.63) is 22.4 Å². The Hall–Kier alpha value is -0.940. The van der Waals surface area contributed by atoms with E-state index >= 15 is 0 Å². The lowest BCUT2D eigenvalue weighted by Gasteiger charge is -2.08. The van der Waals surface area contributed by atoms with Gasteiger partial charge in [0.05, 0.1) is 17.9 Å². The van der Waals surface area contributed by atoms with Gasteiger partial charge in [0.15, 0.2) is 0 Å². The lowest BCUT2D eigenvalue weighted by molar-refractivity contribution is -0.117. The number of carbonyl (C=O) groups excluding carboxylic acids is 1. The highest BCUT2D eigenvalue weighted by Crippen LogP contribution is 2.16. The third-order valence-corrected chi connectivity index (χ3v) is 2.53. The molecule has 1 atom stereocenters. The third kappa shape index (κ3) is 2.78. The first-order valence-electron chi connectivity index (χ1n) is 4.19. The summed E-state index contributed by atoms with van der Waals surface area (Å²) in [5, 5.41) is 2.66. The zero-order valence-electron chi connectivity index (χ0n) is 8.04. The van der Waals surface area contributed by atoms with Gasteiger partial charge in [-0.2, -0.15) is 0 Å². The van der Waals surface area contributed by atoms with Crippen molar-refractivity contribution in [1.29, 1.82) is 0 Å². The van der Waals surface area contributed by atoms with Gasteiger partial charge in [-0.25, -0.2) is 4.98 Å². The van der Waals surface area contributed by atoms with E-state index in [1.54, 1.807) is 13.1 Å². The second-order valence-corrected chi connectivity index (χ2v) is 3.86. The number of rotatable bonds is 2. The van der Waals surface area contributed by atoms with Gasteiger partial charge in [-0.1, -0.05) is 0 Å². The number of nitrogens with zero attached hydrogens (tertiary/aromatic N) is 1. The molecule has 5 heteroatoms. The molecule has 0 fully saturated rings. The summed E-state index contributed by atoms with van der Waals surface area (Å²) >= 11 is 3.28. The summed E-state index contributed by atoms with van der Waals surface area (Å²) in [6.07, 6.45) is 1.58. The van der Waals surface area contributed by atoms with E-state index in [-0.39, 0.29) is 5.91 Å². The van der Waals surface area contributed by atoms with E-state index in [2.05, 4.69) is 26.2 Å². The number of amides is 1. The minimum absolute atomic E-state index is 0.214. The average Bonchev–Trinajstić information content (AvgIpc) is 2.11. The second-order valence-electron chi connectivity index (χ2n) is 3.11. The van der Waals surface area contributed by atoms with E-state index in [0.717, 1.165) is 10.2 Å². The number of aromatic nitrogens is 1. The maximum absolute atomic E-state index is 11.2. The van der Waals surface area contributed by atoms with Crippen molar-refractivity contribution in [2.75, 3.05) is 5.32 Å². The molecule has 1 rings (SSSR count). The molecule has 0 spiro atoms. The molecule has 0 aliphatic carbocycles. The van der Waals surface area contributed by atoms with Gasteiger partial charge in [0.2, 0.25) is 5.91 Å². The summed E-state index contributed by atoms with van der Waals surface area (Å²) < 4.78 is 0.774. The molecule has 0 aliphatic rings. The normalized spacial score (nSPS) is 12.3. The highest BCUT2D eigenvalue weighted by atomic mass is 79.9. The van der Waals surface area contributed by atoms with Crippen LogP contribution in [0.4, 0.5) is 5.69 Å². The van der Waals surface area contributed by atoms with Crippen LogP contribution in [0.5, 0.6) is 0 Å². The Bertz CT molecular complexity index is 352. The smallest absolute Gasteiger partial charge is 0.241 e. The SMILES string of the molecule is Cc1cc(NC(=O)[C@@H](C)N)cnc1Br. The van der Waals surface area contributed by atoms with E-state index < -0.39 is 6.04 Å². The maximum atomic E-state index is 11.2. The molecule has 0 saturated heterocycles. The number of carbonyl (C=O) groups is 1. The predicted octanol–water partition coefficient (Wildman–Crippen LogP) is 1.44. The van der Waals surface area contributed by atoms with Gasteiger partial charge in [0.25, 0.3) is 0 Å². The van der Waals surface area contributed by atoms with Crippen LogP contribution >= 0.6 is 15.9 Å². The highest BCUT2D eigenvalue weighted by Gasteiger charge is 2.08. The monoisotopic (exact) mass is 257 g/mol. The molecule has 1 amide bonds. The predicted molar refractivity (Wildman–Crippen MR) is 59.0 cm³/mol. The molecular formula is C9H12BrN3O. The fraction of sp³-hybridized carbons (Fsp3) is 0.333. The minimum atomic E-state index is -0.515. The number of aryl methyl sites for hydroxylation is 1. The van der Waals surface area contributed by atoms with Crippen LogP contribution in [0, 0.1) is 6.92 Å². The van der Waals surface area contributed by atoms with Crippen molar-refractivity contribution in [3.8, 4) is 0 Å². The number of anilines is 1. The number of pyridine rings is 1. The van der Waals surface area contributed by atoms with Crippen LogP contribution in [0.25, 0.3) is 0 Å². The highest BCUT2D eigenvalue weighted by molar-refractivity contribution is 9.10. The Labute approximate surface area is 91.0 Å². The standard InChI is InChI=1S/C9H12BrN3O/c1-5-3-7(4-12-8(5)10)13-9(14)6(2)11/h3-4,6H,11H2,1-2H3,(H,13,14)/t6-/m1/s1. The number of halogens is 1. The van der Waals surface area contributed by atoms with Crippen molar-refractivity contribution >= 4 is 27.5 Å². The van der Waals surface area contributed by atoms with Gasteiger partial charge in [0.1, 0.15) is 4.60 Å². The Balaban J connectivity index is 2.78. The summed E-state index contributed by atoms with van der Waals surface area (Å²) in [7, 11) is 0. The summed E-state index contributed by atoms with van der Waals surface area (Å²) in [6, 6.07) is 1.32. The number of nitrogens with one attached hydrogen (secondary N) is 1. The minimum Gasteiger partial charge on any atom is -0.323 e. The average molecular weight is 258 g/mol. The Morgan fingerprint density at radius 3 is 2.86 bits per heavy atom. The zero-order chi connectivity index (χ0) is 10.7. The van der Waals surface area contributed by atoms with E-state index in [0.29, 0.717) is 5.69 Å². The topological polar surface area (TPSA) is 68.0 Å². The molecule has 0 aromatic carbocycles. The molecular weight excluding hydrogens is 246 g/mol. The fourth-order valence-electron chi connectivity index (χ4n) is 0.883. The molecule has 0 aliphatic heterocycles. The quantitative estimate of drug-likeness (QED) is 0.788. The number of hydrogen-bond acceptors (Lipinski definition) is 3. The van der Waals surface area contributed by atoms with Crippen LogP contribution in [0.15, 0.2) is 16.9 Å². The molecule has 0 bridgehead atoms. The molecule has 3 N–H and O–H groups in total. The van der Waals surface area contributed by atoms with Gasteiger partial charge in [-0.15, -0.1) is 0 Å². The maximum Gasteiger partial charge on any atom is 0.241 e. The van der Waals surface area contributed by atoms with E-state index in [1.807, 2.05) is 13.0 Å². The molecule has 14 heavy (non-hydrogen) atoms. The number of hydrogen-bond donors (Lipinski definition) is 2. The molecule has 1 heterocycles. The molecule has 4 nitrogen and oxygen atoms in total. The van der Waals surface area contributed by atoms with Crippen molar-refractivity contribution < 1.29 is 4.79 Å². The third-order valence-electron chi connectivity index (χ3n) is 1.70. The van der Waals surface area contributed by atoms with Crippen molar-refractivity contribution in [2.45, 2.75) is 19.9 Å². The van der Waals surface area contributed by atoms with Gasteiger partial charge >= 0.3 is 0 Å². The molecule has 0 saturated carbocycles. The summed E-state index contributed by atoms with van der Waals surface area (Å²) in [6.45, 7) is 3.53. The van der Waals surface area contributed by atoms with Crippen LogP contribution in [0.1, 0.15) is 12.5 Å². The van der Waals surface area contributed by atoms with Gasteiger partial charge in [0, 0.05) is 0 Å². The van der Waals surface area contributed by atoms with Crippen LogP contribution in [-0.4, -0.2) is 16.9 Å². The Morgan fingerprint density at radius 1 is 1.71 bits per heavy atom. The van der Waals surface area contributed by atoms with E-state index in [9.17, 15) is 4.79 Å². The van der Waals surface area contributed by atoms with Crippen LogP contribution in [0.3, 0.4) is 0 Å². The van der Waals surface area contributed by atoms with Gasteiger partial charge in [-0.05, 0) is 41.4 Å².